The van der Waals surface area contributed by atoms with Crippen LogP contribution in [-0.2, 0) is 30.8 Å². The molecule has 186 valence electrons. The molecule has 5 nitrogen and oxygen atoms in total. The van der Waals surface area contributed by atoms with Gasteiger partial charge in [0, 0.05) is 40.3 Å². The molecular formula is C29H38N4OS. The fourth-order valence-electron chi connectivity index (χ4n) is 5.48. The van der Waals surface area contributed by atoms with Gasteiger partial charge in [-0.15, -0.1) is 11.3 Å². The van der Waals surface area contributed by atoms with Crippen molar-refractivity contribution in [1.29, 1.82) is 0 Å². The van der Waals surface area contributed by atoms with Crippen molar-refractivity contribution in [2.75, 3.05) is 18.0 Å². The van der Waals surface area contributed by atoms with E-state index in [1.54, 1.807) is 0 Å². The molecule has 6 heteroatoms. The number of amides is 1. The third-order valence-corrected chi connectivity index (χ3v) is 8.73. The largest absolute Gasteiger partial charge is 0.307 e. The average molecular weight is 491 g/mol. The van der Waals surface area contributed by atoms with E-state index in [1.807, 2.05) is 27.1 Å². The molecule has 1 fully saturated rings. The van der Waals surface area contributed by atoms with Gasteiger partial charge in [-0.25, -0.2) is 0 Å². The second-order valence-electron chi connectivity index (χ2n) is 10.4. The maximum absolute atomic E-state index is 14.2. The zero-order valence-electron chi connectivity index (χ0n) is 21.4. The summed E-state index contributed by atoms with van der Waals surface area (Å²) in [5.41, 5.74) is 4.63. The number of benzene rings is 1. The molecule has 1 aromatic carbocycles. The van der Waals surface area contributed by atoms with E-state index in [1.165, 1.54) is 46.8 Å². The van der Waals surface area contributed by atoms with Gasteiger partial charge in [0.25, 0.3) is 0 Å². The Kier molecular flexibility index (Phi) is 7.40. The first-order valence-corrected chi connectivity index (χ1v) is 14.1. The van der Waals surface area contributed by atoms with Crippen LogP contribution in [0.25, 0.3) is 0 Å². The normalized spacial score (nSPS) is 18.2. The molecule has 1 unspecified atom stereocenters. The summed E-state index contributed by atoms with van der Waals surface area (Å²) in [7, 11) is 0. The third-order valence-electron chi connectivity index (χ3n) is 7.53. The molecule has 1 atom stereocenters. The maximum atomic E-state index is 14.2. The Balaban J connectivity index is 1.43. The van der Waals surface area contributed by atoms with E-state index in [2.05, 4.69) is 67.3 Å². The standard InChI is InChI=1S/C29H38N4OS/c1-4-32-18-22(17-30-32)19-33(24-12-10-23(11-13-24)21(2)3)29(34)26-8-7-9-28-27(26)16-25(35-28)20-31-14-5-6-15-31/h10-13,16-18,21,26H,4-9,14-15,19-20H2,1-3H3. The highest BCUT2D eigenvalue weighted by Gasteiger charge is 2.33. The van der Waals surface area contributed by atoms with Crippen LogP contribution in [0.4, 0.5) is 5.69 Å². The van der Waals surface area contributed by atoms with Crippen LogP contribution in [0, 0.1) is 0 Å². The van der Waals surface area contributed by atoms with Gasteiger partial charge in [-0.3, -0.25) is 14.4 Å². The Morgan fingerprint density at radius 3 is 2.63 bits per heavy atom. The number of hydrogen-bond donors (Lipinski definition) is 0. The number of rotatable bonds is 8. The zero-order chi connectivity index (χ0) is 24.4. The van der Waals surface area contributed by atoms with E-state index in [0.717, 1.165) is 43.6 Å². The lowest BCUT2D eigenvalue weighted by atomic mass is 9.86. The van der Waals surface area contributed by atoms with E-state index in [4.69, 9.17) is 0 Å². The number of aryl methyl sites for hydroxylation is 2. The first-order valence-electron chi connectivity index (χ1n) is 13.3. The molecule has 0 bridgehead atoms. The Morgan fingerprint density at radius 1 is 1.17 bits per heavy atom. The van der Waals surface area contributed by atoms with E-state index in [-0.39, 0.29) is 11.8 Å². The predicted molar refractivity (Wildman–Crippen MR) is 144 cm³/mol. The van der Waals surface area contributed by atoms with Crippen LogP contribution >= 0.6 is 11.3 Å². The summed E-state index contributed by atoms with van der Waals surface area (Å²) in [6.45, 7) is 11.3. The summed E-state index contributed by atoms with van der Waals surface area (Å²) in [6.07, 6.45) is 9.71. The van der Waals surface area contributed by atoms with E-state index < -0.39 is 0 Å². The molecule has 3 heterocycles. The molecule has 5 rings (SSSR count). The topological polar surface area (TPSA) is 41.4 Å². The number of nitrogens with zero attached hydrogens (tertiary/aromatic N) is 4. The monoisotopic (exact) mass is 490 g/mol. The van der Waals surface area contributed by atoms with Crippen molar-refractivity contribution < 1.29 is 4.79 Å². The van der Waals surface area contributed by atoms with E-state index in [9.17, 15) is 4.79 Å². The first kappa shape index (κ1) is 24.3. The van der Waals surface area contributed by atoms with Crippen molar-refractivity contribution in [3.05, 3.63) is 69.2 Å². The number of carbonyl (C=O) groups excluding carboxylic acids is 1. The van der Waals surface area contributed by atoms with Gasteiger partial charge < -0.3 is 4.90 Å². The number of aromatic nitrogens is 2. The van der Waals surface area contributed by atoms with Crippen molar-refractivity contribution in [3.63, 3.8) is 0 Å². The Morgan fingerprint density at radius 2 is 1.94 bits per heavy atom. The molecule has 0 N–H and O–H groups in total. The average Bonchev–Trinajstić information content (AvgIpc) is 3.63. The molecule has 2 aliphatic rings. The van der Waals surface area contributed by atoms with Gasteiger partial charge in [-0.1, -0.05) is 26.0 Å². The van der Waals surface area contributed by atoms with Crippen LogP contribution in [0.5, 0.6) is 0 Å². The molecule has 0 spiro atoms. The summed E-state index contributed by atoms with van der Waals surface area (Å²) in [6, 6.07) is 10.9. The second kappa shape index (κ2) is 10.7. The Hall–Kier alpha value is -2.44. The number of hydrogen-bond acceptors (Lipinski definition) is 4. The first-order chi connectivity index (χ1) is 17.0. The van der Waals surface area contributed by atoms with Gasteiger partial charge in [-0.2, -0.15) is 5.10 Å². The van der Waals surface area contributed by atoms with Crippen molar-refractivity contribution >= 4 is 22.9 Å². The molecule has 1 aliphatic carbocycles. The number of anilines is 1. The molecule has 1 aliphatic heterocycles. The lowest BCUT2D eigenvalue weighted by molar-refractivity contribution is -0.120. The third kappa shape index (κ3) is 5.39. The minimum absolute atomic E-state index is 0.0617. The van der Waals surface area contributed by atoms with Crippen LogP contribution < -0.4 is 4.90 Å². The molecule has 0 saturated carbocycles. The lowest BCUT2D eigenvalue weighted by Gasteiger charge is -2.30. The number of likely N-dealkylation sites (tertiary alicyclic amines) is 1. The Labute approximate surface area is 213 Å². The van der Waals surface area contributed by atoms with Crippen LogP contribution in [0.3, 0.4) is 0 Å². The molecule has 2 aromatic heterocycles. The van der Waals surface area contributed by atoms with Crippen LogP contribution in [0.2, 0.25) is 0 Å². The lowest BCUT2D eigenvalue weighted by Crippen LogP contribution is -2.35. The zero-order valence-corrected chi connectivity index (χ0v) is 22.2. The molecule has 0 radical (unpaired) electrons. The van der Waals surface area contributed by atoms with E-state index >= 15 is 0 Å². The number of carbonyl (C=O) groups is 1. The van der Waals surface area contributed by atoms with Crippen LogP contribution in [-0.4, -0.2) is 33.7 Å². The van der Waals surface area contributed by atoms with Gasteiger partial charge >= 0.3 is 0 Å². The Bertz CT molecular complexity index is 1140. The molecule has 1 amide bonds. The molecule has 3 aromatic rings. The second-order valence-corrected chi connectivity index (χ2v) is 11.6. The number of fused-ring (bicyclic) bond motifs is 1. The minimum atomic E-state index is -0.0617. The summed E-state index contributed by atoms with van der Waals surface area (Å²) >= 11 is 1.94. The van der Waals surface area contributed by atoms with Crippen LogP contribution in [0.1, 0.15) is 84.7 Å². The highest BCUT2D eigenvalue weighted by Crippen LogP contribution is 2.40. The number of thiophene rings is 1. The van der Waals surface area contributed by atoms with Gasteiger partial charge in [-0.05, 0) is 87.4 Å². The fraction of sp³-hybridized carbons (Fsp3) is 0.517. The molecular weight excluding hydrogens is 452 g/mol. The van der Waals surface area contributed by atoms with Gasteiger partial charge in [0.1, 0.15) is 0 Å². The summed E-state index contributed by atoms with van der Waals surface area (Å²) < 4.78 is 1.93. The van der Waals surface area contributed by atoms with Crippen molar-refractivity contribution in [2.45, 2.75) is 84.3 Å². The summed E-state index contributed by atoms with van der Waals surface area (Å²) in [4.78, 5) is 21.6. The van der Waals surface area contributed by atoms with Crippen LogP contribution in [0.15, 0.2) is 42.7 Å². The predicted octanol–water partition coefficient (Wildman–Crippen LogP) is 6.34. The molecule has 1 saturated heterocycles. The van der Waals surface area contributed by atoms with E-state index in [0.29, 0.717) is 12.5 Å². The quantitative estimate of drug-likeness (QED) is 0.370. The highest BCUT2D eigenvalue weighted by molar-refractivity contribution is 7.12. The molecule has 35 heavy (non-hydrogen) atoms. The van der Waals surface area contributed by atoms with Crippen molar-refractivity contribution in [1.82, 2.24) is 14.7 Å². The van der Waals surface area contributed by atoms with Crippen molar-refractivity contribution in [2.24, 2.45) is 0 Å². The minimum Gasteiger partial charge on any atom is -0.307 e. The van der Waals surface area contributed by atoms with Gasteiger partial charge in [0.05, 0.1) is 18.7 Å². The van der Waals surface area contributed by atoms with Crippen molar-refractivity contribution in [3.8, 4) is 0 Å². The summed E-state index contributed by atoms with van der Waals surface area (Å²) in [5.74, 6) is 0.628. The van der Waals surface area contributed by atoms with Gasteiger partial charge in [0.2, 0.25) is 5.91 Å². The highest BCUT2D eigenvalue weighted by atomic mass is 32.1. The SMILES string of the molecule is CCn1cc(CN(C(=O)C2CCCc3sc(CN4CCCC4)cc32)c2ccc(C(C)C)cc2)cn1. The maximum Gasteiger partial charge on any atom is 0.234 e. The van der Waals surface area contributed by atoms with Gasteiger partial charge in [0.15, 0.2) is 0 Å². The summed E-state index contributed by atoms with van der Waals surface area (Å²) in [5, 5.41) is 4.45. The fourth-order valence-corrected chi connectivity index (χ4v) is 6.79. The smallest absolute Gasteiger partial charge is 0.234 e.